The monoisotopic (exact) mass is 199 g/mol. The first kappa shape index (κ1) is 12.0. The zero-order valence-electron chi connectivity index (χ0n) is 9.96. The second kappa shape index (κ2) is 5.13. The van der Waals surface area contributed by atoms with Crippen molar-refractivity contribution >= 4 is 0 Å². The van der Waals surface area contributed by atoms with Crippen LogP contribution in [0.2, 0.25) is 0 Å². The van der Waals surface area contributed by atoms with Crippen LogP contribution in [-0.4, -0.2) is 23.3 Å². The molecule has 0 amide bonds. The summed E-state index contributed by atoms with van der Waals surface area (Å²) in [6, 6.07) is 0.836. The Morgan fingerprint density at radius 3 is 2.43 bits per heavy atom. The van der Waals surface area contributed by atoms with Crippen molar-refractivity contribution < 1.29 is 5.11 Å². The van der Waals surface area contributed by atoms with Crippen LogP contribution < -0.4 is 5.32 Å². The molecule has 0 spiro atoms. The van der Waals surface area contributed by atoms with Crippen LogP contribution in [-0.2, 0) is 0 Å². The van der Waals surface area contributed by atoms with E-state index in [9.17, 15) is 5.11 Å². The summed E-state index contributed by atoms with van der Waals surface area (Å²) >= 11 is 0. The summed E-state index contributed by atoms with van der Waals surface area (Å²) < 4.78 is 0. The van der Waals surface area contributed by atoms with Gasteiger partial charge in [0.1, 0.15) is 0 Å². The van der Waals surface area contributed by atoms with Crippen LogP contribution in [0.3, 0.4) is 0 Å². The fraction of sp³-hybridized carbons (Fsp3) is 1.00. The fourth-order valence-corrected chi connectivity index (χ4v) is 2.54. The molecular weight excluding hydrogens is 174 g/mol. The molecule has 1 aliphatic carbocycles. The molecule has 0 saturated heterocycles. The normalized spacial score (nSPS) is 37.1. The highest BCUT2D eigenvalue weighted by molar-refractivity contribution is 4.88. The van der Waals surface area contributed by atoms with Crippen molar-refractivity contribution in [3.63, 3.8) is 0 Å². The van der Waals surface area contributed by atoms with Crippen molar-refractivity contribution in [1.29, 1.82) is 0 Å². The average molecular weight is 199 g/mol. The van der Waals surface area contributed by atoms with Gasteiger partial charge in [0.15, 0.2) is 0 Å². The minimum atomic E-state index is -0.247. The molecule has 1 aliphatic rings. The molecule has 0 aromatic carbocycles. The third kappa shape index (κ3) is 2.71. The topological polar surface area (TPSA) is 32.3 Å². The van der Waals surface area contributed by atoms with Crippen molar-refractivity contribution in [2.45, 2.75) is 65.1 Å². The second-order valence-electron chi connectivity index (χ2n) is 4.91. The summed E-state index contributed by atoms with van der Waals surface area (Å²) in [6.07, 6.45) is 3.67. The molecule has 5 atom stereocenters. The van der Waals surface area contributed by atoms with Gasteiger partial charge in [0.05, 0.1) is 6.10 Å². The zero-order chi connectivity index (χ0) is 10.7. The zero-order valence-corrected chi connectivity index (χ0v) is 9.96. The summed E-state index contributed by atoms with van der Waals surface area (Å²) in [5.41, 5.74) is 0. The number of hydrogen-bond acceptors (Lipinski definition) is 2. The Hall–Kier alpha value is -0.0800. The first-order valence-corrected chi connectivity index (χ1v) is 6.00. The molecular formula is C12H25NO. The van der Waals surface area contributed by atoms with Gasteiger partial charge in [0.25, 0.3) is 0 Å². The van der Waals surface area contributed by atoms with Gasteiger partial charge < -0.3 is 10.4 Å². The summed E-state index contributed by atoms with van der Waals surface area (Å²) in [5.74, 6) is 1.65. The second-order valence-corrected chi connectivity index (χ2v) is 4.91. The van der Waals surface area contributed by atoms with Gasteiger partial charge in [-0.15, -0.1) is 0 Å². The largest absolute Gasteiger partial charge is 0.392 e. The lowest BCUT2D eigenvalue weighted by Crippen LogP contribution is -2.44. The number of nitrogens with one attached hydrogen (secondary N) is 1. The summed E-state index contributed by atoms with van der Waals surface area (Å²) in [4.78, 5) is 0. The average Bonchev–Trinajstić information content (AvgIpc) is 2.47. The summed E-state index contributed by atoms with van der Waals surface area (Å²) in [6.45, 7) is 8.54. The maximum Gasteiger partial charge on any atom is 0.0662 e. The molecule has 2 heteroatoms. The van der Waals surface area contributed by atoms with Crippen molar-refractivity contribution in [3.8, 4) is 0 Å². The lowest BCUT2D eigenvalue weighted by molar-refractivity contribution is 0.140. The predicted octanol–water partition coefficient (Wildman–Crippen LogP) is 2.17. The Balaban J connectivity index is 2.39. The molecule has 2 nitrogen and oxygen atoms in total. The highest BCUT2D eigenvalue weighted by Crippen LogP contribution is 2.34. The van der Waals surface area contributed by atoms with Crippen LogP contribution >= 0.6 is 0 Å². The van der Waals surface area contributed by atoms with E-state index in [2.05, 4.69) is 26.1 Å². The Kier molecular flexibility index (Phi) is 4.39. The maximum absolute atomic E-state index is 9.43. The van der Waals surface area contributed by atoms with Gasteiger partial charge in [0.2, 0.25) is 0 Å². The van der Waals surface area contributed by atoms with Gasteiger partial charge in [0, 0.05) is 12.1 Å². The van der Waals surface area contributed by atoms with E-state index in [4.69, 9.17) is 0 Å². The molecule has 1 rings (SSSR count). The molecule has 0 radical (unpaired) electrons. The number of hydrogen-bond donors (Lipinski definition) is 2. The van der Waals surface area contributed by atoms with Gasteiger partial charge in [-0.2, -0.15) is 0 Å². The van der Waals surface area contributed by atoms with Gasteiger partial charge in [-0.25, -0.2) is 0 Å². The maximum atomic E-state index is 9.43. The van der Waals surface area contributed by atoms with E-state index in [1.807, 2.05) is 6.92 Å². The Labute approximate surface area is 88.1 Å². The van der Waals surface area contributed by atoms with E-state index in [1.54, 1.807) is 0 Å². The van der Waals surface area contributed by atoms with E-state index >= 15 is 0 Å². The van der Waals surface area contributed by atoms with Gasteiger partial charge in [-0.05, 0) is 38.5 Å². The lowest BCUT2D eigenvalue weighted by atomic mass is 9.93. The molecule has 0 aromatic rings. The summed E-state index contributed by atoms with van der Waals surface area (Å²) in [5, 5.41) is 13.0. The summed E-state index contributed by atoms with van der Waals surface area (Å²) in [7, 11) is 0. The SMILES string of the molecule is CCC1CCC(NC(C)C(C)O)C1C. The third-order valence-electron chi connectivity index (χ3n) is 3.95. The van der Waals surface area contributed by atoms with Crippen LogP contribution in [0.15, 0.2) is 0 Å². The van der Waals surface area contributed by atoms with Crippen LogP contribution in [0.25, 0.3) is 0 Å². The molecule has 1 fully saturated rings. The molecule has 0 heterocycles. The number of aliphatic hydroxyl groups excluding tert-OH is 1. The van der Waals surface area contributed by atoms with Crippen LogP contribution in [0.1, 0.15) is 47.0 Å². The van der Waals surface area contributed by atoms with Crippen molar-refractivity contribution in [2.24, 2.45) is 11.8 Å². The molecule has 0 bridgehead atoms. The first-order chi connectivity index (χ1) is 6.56. The van der Waals surface area contributed by atoms with E-state index in [-0.39, 0.29) is 12.1 Å². The van der Waals surface area contributed by atoms with Gasteiger partial charge in [-0.3, -0.25) is 0 Å². The third-order valence-corrected chi connectivity index (χ3v) is 3.95. The quantitative estimate of drug-likeness (QED) is 0.727. The standard InChI is InChI=1S/C12H25NO/c1-5-11-6-7-12(8(11)2)13-9(3)10(4)14/h8-14H,5-7H2,1-4H3. The van der Waals surface area contributed by atoms with Crippen LogP contribution in [0, 0.1) is 11.8 Å². The molecule has 2 N–H and O–H groups in total. The molecule has 5 unspecified atom stereocenters. The highest BCUT2D eigenvalue weighted by atomic mass is 16.3. The van der Waals surface area contributed by atoms with Crippen molar-refractivity contribution in [1.82, 2.24) is 5.32 Å². The fourth-order valence-electron chi connectivity index (χ4n) is 2.54. The van der Waals surface area contributed by atoms with Crippen LogP contribution in [0.5, 0.6) is 0 Å². The number of aliphatic hydroxyl groups is 1. The molecule has 14 heavy (non-hydrogen) atoms. The van der Waals surface area contributed by atoms with Gasteiger partial charge >= 0.3 is 0 Å². The smallest absolute Gasteiger partial charge is 0.0662 e. The Morgan fingerprint density at radius 1 is 1.36 bits per heavy atom. The Morgan fingerprint density at radius 2 is 2.00 bits per heavy atom. The highest BCUT2D eigenvalue weighted by Gasteiger charge is 2.32. The van der Waals surface area contributed by atoms with Gasteiger partial charge in [-0.1, -0.05) is 20.3 Å². The van der Waals surface area contributed by atoms with E-state index < -0.39 is 0 Å². The predicted molar refractivity (Wildman–Crippen MR) is 60.2 cm³/mol. The molecule has 0 aromatic heterocycles. The van der Waals surface area contributed by atoms with E-state index in [0.717, 1.165) is 11.8 Å². The van der Waals surface area contributed by atoms with E-state index in [1.165, 1.54) is 19.3 Å². The van der Waals surface area contributed by atoms with Crippen LogP contribution in [0.4, 0.5) is 0 Å². The lowest BCUT2D eigenvalue weighted by Gasteiger charge is -2.26. The minimum absolute atomic E-state index is 0.220. The molecule has 0 aliphatic heterocycles. The number of rotatable bonds is 4. The van der Waals surface area contributed by atoms with Crippen molar-refractivity contribution in [3.05, 3.63) is 0 Å². The minimum Gasteiger partial charge on any atom is -0.392 e. The molecule has 1 saturated carbocycles. The molecule has 84 valence electrons. The Bertz CT molecular complexity index is 170. The van der Waals surface area contributed by atoms with Crippen molar-refractivity contribution in [2.75, 3.05) is 0 Å². The van der Waals surface area contributed by atoms with E-state index in [0.29, 0.717) is 6.04 Å². The first-order valence-electron chi connectivity index (χ1n) is 6.00.